The number of aliphatic hydroxyl groups is 1. The second-order valence-electron chi connectivity index (χ2n) is 6.74. The van der Waals surface area contributed by atoms with Gasteiger partial charge in [0.05, 0.1) is 12.6 Å². The van der Waals surface area contributed by atoms with Crippen LogP contribution in [-0.4, -0.2) is 47.6 Å². The van der Waals surface area contributed by atoms with Crippen molar-refractivity contribution in [2.45, 2.75) is 45.6 Å². The molecule has 2 unspecified atom stereocenters. The molecule has 1 aliphatic heterocycles. The molecular formula is C19H28N2O3. The number of nitrogens with zero attached hydrogens (tertiary/aromatic N) is 1. The number of carbonyl (C=O) groups is 2. The van der Waals surface area contributed by atoms with Crippen molar-refractivity contribution in [2.75, 3.05) is 19.6 Å². The number of aliphatic hydroxyl groups excluding tert-OH is 1. The first-order valence-electron chi connectivity index (χ1n) is 8.74. The number of rotatable bonds is 6. The molecule has 0 bridgehead atoms. The number of hydrogen-bond acceptors (Lipinski definition) is 3. The molecule has 2 N–H and O–H groups in total. The van der Waals surface area contributed by atoms with Gasteiger partial charge in [-0.05, 0) is 38.7 Å². The molecule has 2 atom stereocenters. The SMILES string of the molecule is Cc1ccc(CCC(=O)NCC(=O)N2CCCC(C(C)O)C2)cc1. The fraction of sp³-hybridized carbons (Fsp3) is 0.579. The fourth-order valence-electron chi connectivity index (χ4n) is 3.02. The van der Waals surface area contributed by atoms with E-state index in [0.29, 0.717) is 25.9 Å². The zero-order valence-corrected chi connectivity index (χ0v) is 14.6. The van der Waals surface area contributed by atoms with Gasteiger partial charge in [-0.2, -0.15) is 0 Å². The maximum atomic E-state index is 12.2. The van der Waals surface area contributed by atoms with Gasteiger partial charge in [-0.15, -0.1) is 0 Å². The van der Waals surface area contributed by atoms with Crippen molar-refractivity contribution >= 4 is 11.8 Å². The van der Waals surface area contributed by atoms with Gasteiger partial charge in [0, 0.05) is 25.4 Å². The molecule has 132 valence electrons. The van der Waals surface area contributed by atoms with Crippen LogP contribution in [0.15, 0.2) is 24.3 Å². The number of benzene rings is 1. The van der Waals surface area contributed by atoms with Gasteiger partial charge in [0.1, 0.15) is 0 Å². The molecule has 24 heavy (non-hydrogen) atoms. The van der Waals surface area contributed by atoms with Crippen LogP contribution < -0.4 is 5.32 Å². The molecule has 5 heteroatoms. The summed E-state index contributed by atoms with van der Waals surface area (Å²) in [4.78, 5) is 25.9. The molecule has 1 aliphatic rings. The molecule has 0 aliphatic carbocycles. The highest BCUT2D eigenvalue weighted by Gasteiger charge is 2.26. The summed E-state index contributed by atoms with van der Waals surface area (Å²) < 4.78 is 0. The third-order valence-electron chi connectivity index (χ3n) is 4.69. The average Bonchev–Trinajstić information content (AvgIpc) is 2.59. The topological polar surface area (TPSA) is 69.6 Å². The molecule has 0 radical (unpaired) electrons. The van der Waals surface area contributed by atoms with Gasteiger partial charge in [-0.1, -0.05) is 29.8 Å². The molecule has 1 aromatic carbocycles. The Morgan fingerprint density at radius 3 is 2.71 bits per heavy atom. The lowest BCUT2D eigenvalue weighted by atomic mass is 9.93. The van der Waals surface area contributed by atoms with E-state index in [4.69, 9.17) is 0 Å². The Labute approximate surface area is 144 Å². The number of nitrogens with one attached hydrogen (secondary N) is 1. The minimum Gasteiger partial charge on any atom is -0.393 e. The van der Waals surface area contributed by atoms with Crippen molar-refractivity contribution in [1.29, 1.82) is 0 Å². The van der Waals surface area contributed by atoms with E-state index in [2.05, 4.69) is 5.32 Å². The summed E-state index contributed by atoms with van der Waals surface area (Å²) in [6.45, 7) is 5.13. The second kappa shape index (κ2) is 8.83. The van der Waals surface area contributed by atoms with Crippen LogP contribution in [0, 0.1) is 12.8 Å². The van der Waals surface area contributed by atoms with E-state index in [1.165, 1.54) is 5.56 Å². The minimum atomic E-state index is -0.398. The van der Waals surface area contributed by atoms with Crippen LogP contribution >= 0.6 is 0 Å². The second-order valence-corrected chi connectivity index (χ2v) is 6.74. The summed E-state index contributed by atoms with van der Waals surface area (Å²) >= 11 is 0. The van der Waals surface area contributed by atoms with Crippen LogP contribution in [-0.2, 0) is 16.0 Å². The molecule has 1 fully saturated rings. The lowest BCUT2D eigenvalue weighted by molar-refractivity contribution is -0.135. The van der Waals surface area contributed by atoms with Crippen molar-refractivity contribution in [3.63, 3.8) is 0 Å². The predicted octanol–water partition coefficient (Wildman–Crippen LogP) is 1.66. The van der Waals surface area contributed by atoms with Crippen molar-refractivity contribution < 1.29 is 14.7 Å². The maximum absolute atomic E-state index is 12.2. The Morgan fingerprint density at radius 2 is 2.04 bits per heavy atom. The summed E-state index contributed by atoms with van der Waals surface area (Å²) in [7, 11) is 0. The number of likely N-dealkylation sites (tertiary alicyclic amines) is 1. The largest absolute Gasteiger partial charge is 0.393 e. The zero-order valence-electron chi connectivity index (χ0n) is 14.6. The van der Waals surface area contributed by atoms with E-state index >= 15 is 0 Å². The lowest BCUT2D eigenvalue weighted by Crippen LogP contribution is -2.46. The van der Waals surface area contributed by atoms with E-state index in [0.717, 1.165) is 18.4 Å². The Kier molecular flexibility index (Phi) is 6.79. The van der Waals surface area contributed by atoms with E-state index in [9.17, 15) is 14.7 Å². The average molecular weight is 332 g/mol. The number of amides is 2. The smallest absolute Gasteiger partial charge is 0.241 e. The van der Waals surface area contributed by atoms with Crippen LogP contribution in [0.1, 0.15) is 37.3 Å². The Hall–Kier alpha value is -1.88. The first-order chi connectivity index (χ1) is 11.5. The fourth-order valence-corrected chi connectivity index (χ4v) is 3.02. The van der Waals surface area contributed by atoms with E-state index in [1.54, 1.807) is 11.8 Å². The molecule has 0 saturated carbocycles. The summed E-state index contributed by atoms with van der Waals surface area (Å²) in [5.41, 5.74) is 2.32. The first kappa shape index (κ1) is 18.5. The van der Waals surface area contributed by atoms with Crippen molar-refractivity contribution in [3.8, 4) is 0 Å². The molecule has 5 nitrogen and oxygen atoms in total. The van der Waals surface area contributed by atoms with Crippen LogP contribution in [0.25, 0.3) is 0 Å². The number of carbonyl (C=O) groups excluding carboxylic acids is 2. The van der Waals surface area contributed by atoms with Gasteiger partial charge in [0.15, 0.2) is 0 Å². The van der Waals surface area contributed by atoms with Gasteiger partial charge in [-0.25, -0.2) is 0 Å². The quantitative estimate of drug-likeness (QED) is 0.832. The molecule has 2 amide bonds. The van der Waals surface area contributed by atoms with Crippen molar-refractivity contribution in [3.05, 3.63) is 35.4 Å². The number of hydrogen-bond donors (Lipinski definition) is 2. The van der Waals surface area contributed by atoms with Crippen molar-refractivity contribution in [2.24, 2.45) is 5.92 Å². The summed E-state index contributed by atoms with van der Waals surface area (Å²) in [5.74, 6) is -0.0306. The molecule has 1 aromatic rings. The van der Waals surface area contributed by atoms with Gasteiger partial charge in [0.2, 0.25) is 11.8 Å². The minimum absolute atomic E-state index is 0.0409. The van der Waals surface area contributed by atoms with E-state index in [1.807, 2.05) is 31.2 Å². The Balaban J connectivity index is 1.71. The molecule has 1 heterocycles. The molecule has 1 saturated heterocycles. The van der Waals surface area contributed by atoms with Crippen LogP contribution in [0.4, 0.5) is 0 Å². The highest BCUT2D eigenvalue weighted by atomic mass is 16.3. The lowest BCUT2D eigenvalue weighted by Gasteiger charge is -2.34. The van der Waals surface area contributed by atoms with E-state index in [-0.39, 0.29) is 24.3 Å². The maximum Gasteiger partial charge on any atom is 0.241 e. The third-order valence-corrected chi connectivity index (χ3v) is 4.69. The number of aryl methyl sites for hydroxylation is 2. The highest BCUT2D eigenvalue weighted by molar-refractivity contribution is 5.84. The molecular weight excluding hydrogens is 304 g/mol. The summed E-state index contributed by atoms with van der Waals surface area (Å²) in [5, 5.41) is 12.4. The van der Waals surface area contributed by atoms with Crippen LogP contribution in [0.5, 0.6) is 0 Å². The normalized spacial score (nSPS) is 19.0. The first-order valence-corrected chi connectivity index (χ1v) is 8.74. The van der Waals surface area contributed by atoms with Gasteiger partial charge in [-0.3, -0.25) is 9.59 Å². The summed E-state index contributed by atoms with van der Waals surface area (Å²) in [6, 6.07) is 8.12. The number of piperidine rings is 1. The Morgan fingerprint density at radius 1 is 1.33 bits per heavy atom. The summed E-state index contributed by atoms with van der Waals surface area (Å²) in [6.07, 6.45) is 2.51. The highest BCUT2D eigenvalue weighted by Crippen LogP contribution is 2.19. The zero-order chi connectivity index (χ0) is 17.5. The van der Waals surface area contributed by atoms with Gasteiger partial charge < -0.3 is 15.3 Å². The van der Waals surface area contributed by atoms with Gasteiger partial charge >= 0.3 is 0 Å². The standard InChI is InChI=1S/C19H28N2O3/c1-14-5-7-16(8-6-14)9-10-18(23)20-12-19(24)21-11-3-4-17(13-21)15(2)22/h5-8,15,17,22H,3-4,9-13H2,1-2H3,(H,20,23). The van der Waals surface area contributed by atoms with Crippen LogP contribution in [0.2, 0.25) is 0 Å². The van der Waals surface area contributed by atoms with Gasteiger partial charge in [0.25, 0.3) is 0 Å². The predicted molar refractivity (Wildman–Crippen MR) is 93.5 cm³/mol. The molecule has 0 aromatic heterocycles. The molecule has 0 spiro atoms. The monoisotopic (exact) mass is 332 g/mol. The van der Waals surface area contributed by atoms with Crippen LogP contribution in [0.3, 0.4) is 0 Å². The Bertz CT molecular complexity index is 554. The third kappa shape index (κ3) is 5.64. The molecule has 2 rings (SSSR count). The van der Waals surface area contributed by atoms with Crippen molar-refractivity contribution in [1.82, 2.24) is 10.2 Å². The van der Waals surface area contributed by atoms with E-state index < -0.39 is 6.10 Å².